The number of ether oxygens (including phenoxy) is 1. The first-order chi connectivity index (χ1) is 13.1. The zero-order valence-corrected chi connectivity index (χ0v) is 15.4. The van der Waals surface area contributed by atoms with Gasteiger partial charge in [-0.05, 0) is 55.5 Å². The van der Waals surface area contributed by atoms with Crippen molar-refractivity contribution in [3.05, 3.63) is 59.0 Å². The van der Waals surface area contributed by atoms with Gasteiger partial charge in [0.05, 0.1) is 0 Å². The molecule has 0 radical (unpaired) electrons. The van der Waals surface area contributed by atoms with E-state index in [0.29, 0.717) is 36.3 Å². The van der Waals surface area contributed by atoms with Crippen molar-refractivity contribution in [3.63, 3.8) is 0 Å². The fourth-order valence-corrected chi connectivity index (χ4v) is 3.06. The fourth-order valence-electron chi connectivity index (χ4n) is 3.06. The van der Waals surface area contributed by atoms with Crippen molar-refractivity contribution < 1.29 is 18.7 Å². The minimum absolute atomic E-state index is 0.0274. The van der Waals surface area contributed by atoms with Crippen LogP contribution in [0, 0.1) is 0 Å². The maximum atomic E-state index is 12.9. The summed E-state index contributed by atoms with van der Waals surface area (Å²) in [6.07, 6.45) is 4.17. The third kappa shape index (κ3) is 4.39. The summed E-state index contributed by atoms with van der Waals surface area (Å²) in [7, 11) is 1.59. The third-order valence-corrected chi connectivity index (χ3v) is 4.89. The lowest BCUT2D eigenvalue weighted by Crippen LogP contribution is -2.32. The average Bonchev–Trinajstić information content (AvgIpc) is 3.60. The van der Waals surface area contributed by atoms with Crippen molar-refractivity contribution in [2.45, 2.75) is 50.9 Å². The number of nitrogens with zero attached hydrogens (tertiary/aromatic N) is 1. The molecule has 0 bridgehead atoms. The topological polar surface area (TPSA) is 71.8 Å². The zero-order valence-electron chi connectivity index (χ0n) is 15.4. The summed E-state index contributed by atoms with van der Waals surface area (Å²) in [6, 6.07) is 11.6. The van der Waals surface area contributed by atoms with Gasteiger partial charge < -0.3 is 19.4 Å². The van der Waals surface area contributed by atoms with E-state index in [4.69, 9.17) is 9.15 Å². The van der Waals surface area contributed by atoms with Gasteiger partial charge in [0.1, 0.15) is 12.4 Å². The van der Waals surface area contributed by atoms with Gasteiger partial charge in [0, 0.05) is 31.3 Å². The van der Waals surface area contributed by atoms with Crippen LogP contribution in [0.5, 0.6) is 0 Å². The van der Waals surface area contributed by atoms with Crippen molar-refractivity contribution in [2.24, 2.45) is 0 Å². The number of hydrogen-bond donors (Lipinski definition) is 1. The van der Waals surface area contributed by atoms with E-state index in [-0.39, 0.29) is 17.9 Å². The molecule has 0 spiro atoms. The number of carbonyl (C=O) groups is 2. The molecule has 2 aliphatic carbocycles. The number of amides is 2. The Balaban J connectivity index is 1.43. The van der Waals surface area contributed by atoms with Crippen LogP contribution in [0.1, 0.15) is 57.9 Å². The predicted molar refractivity (Wildman–Crippen MR) is 99.2 cm³/mol. The molecule has 0 atom stereocenters. The highest BCUT2D eigenvalue weighted by Crippen LogP contribution is 2.30. The van der Waals surface area contributed by atoms with Gasteiger partial charge in [-0.2, -0.15) is 0 Å². The number of furan rings is 1. The number of hydrogen-bond acceptors (Lipinski definition) is 4. The summed E-state index contributed by atoms with van der Waals surface area (Å²) in [4.78, 5) is 26.8. The van der Waals surface area contributed by atoms with Crippen molar-refractivity contribution in [2.75, 3.05) is 7.11 Å². The molecule has 142 valence electrons. The Hall–Kier alpha value is -2.60. The molecule has 6 heteroatoms. The van der Waals surface area contributed by atoms with Gasteiger partial charge in [0.15, 0.2) is 5.76 Å². The smallest absolute Gasteiger partial charge is 0.290 e. The van der Waals surface area contributed by atoms with E-state index in [1.54, 1.807) is 19.2 Å². The zero-order chi connectivity index (χ0) is 18.8. The van der Waals surface area contributed by atoms with Crippen LogP contribution in [-0.2, 0) is 17.9 Å². The van der Waals surface area contributed by atoms with Gasteiger partial charge in [0.2, 0.25) is 0 Å². The summed E-state index contributed by atoms with van der Waals surface area (Å²) < 4.78 is 10.7. The maximum absolute atomic E-state index is 12.9. The van der Waals surface area contributed by atoms with Crippen LogP contribution in [0.25, 0.3) is 0 Å². The normalized spacial score (nSPS) is 16.2. The van der Waals surface area contributed by atoms with Crippen LogP contribution in [0.4, 0.5) is 0 Å². The summed E-state index contributed by atoms with van der Waals surface area (Å²) in [5.74, 6) is 0.854. The van der Waals surface area contributed by atoms with E-state index >= 15 is 0 Å². The van der Waals surface area contributed by atoms with Gasteiger partial charge in [0.25, 0.3) is 11.8 Å². The van der Waals surface area contributed by atoms with Crippen molar-refractivity contribution in [1.29, 1.82) is 0 Å². The molecule has 2 saturated carbocycles. The monoisotopic (exact) mass is 368 g/mol. The van der Waals surface area contributed by atoms with Crippen LogP contribution in [0.3, 0.4) is 0 Å². The number of benzene rings is 1. The molecule has 2 aromatic rings. The van der Waals surface area contributed by atoms with E-state index in [1.807, 2.05) is 29.2 Å². The molecule has 0 aliphatic heterocycles. The molecule has 1 heterocycles. The Morgan fingerprint density at radius 2 is 1.85 bits per heavy atom. The van der Waals surface area contributed by atoms with Crippen LogP contribution >= 0.6 is 0 Å². The largest absolute Gasteiger partial charge is 0.453 e. The second-order valence-electron chi connectivity index (χ2n) is 7.31. The molecule has 1 aromatic carbocycles. The highest BCUT2D eigenvalue weighted by atomic mass is 16.5. The lowest BCUT2D eigenvalue weighted by molar-refractivity contribution is 0.0689. The standard InChI is InChI=1S/C21H24N2O4/c1-26-13-18-10-11-19(27-18)21(25)23(17-8-9-17)12-14-2-4-15(5-3-14)20(24)22-16-6-7-16/h2-5,10-11,16-17H,6-9,12-13H2,1H3,(H,22,24). The van der Waals surface area contributed by atoms with Gasteiger partial charge in [-0.25, -0.2) is 0 Å². The van der Waals surface area contributed by atoms with Crippen LogP contribution in [0.15, 0.2) is 40.8 Å². The molecule has 1 aromatic heterocycles. The molecule has 0 saturated heterocycles. The Labute approximate surface area is 158 Å². The quantitative estimate of drug-likeness (QED) is 0.777. The summed E-state index contributed by atoms with van der Waals surface area (Å²) in [5, 5.41) is 2.98. The van der Waals surface area contributed by atoms with E-state index in [0.717, 1.165) is 31.2 Å². The molecule has 1 N–H and O–H groups in total. The molecule has 27 heavy (non-hydrogen) atoms. The van der Waals surface area contributed by atoms with Crippen LogP contribution in [-0.4, -0.2) is 35.9 Å². The number of methoxy groups -OCH3 is 1. The Morgan fingerprint density at radius 3 is 2.48 bits per heavy atom. The fraction of sp³-hybridized carbons (Fsp3) is 0.429. The average molecular weight is 368 g/mol. The highest BCUT2D eigenvalue weighted by Gasteiger charge is 2.34. The summed E-state index contributed by atoms with van der Waals surface area (Å²) in [5.41, 5.74) is 1.66. The first kappa shape index (κ1) is 17.8. The number of carbonyl (C=O) groups excluding carboxylic acids is 2. The Bertz CT molecular complexity index is 819. The molecular weight excluding hydrogens is 344 g/mol. The first-order valence-corrected chi connectivity index (χ1v) is 9.42. The third-order valence-electron chi connectivity index (χ3n) is 4.89. The molecule has 4 rings (SSSR count). The highest BCUT2D eigenvalue weighted by molar-refractivity contribution is 5.94. The van der Waals surface area contributed by atoms with E-state index in [2.05, 4.69) is 5.32 Å². The lowest BCUT2D eigenvalue weighted by Gasteiger charge is -2.21. The SMILES string of the molecule is COCc1ccc(C(=O)N(Cc2ccc(C(=O)NC3CC3)cc2)C2CC2)o1. The summed E-state index contributed by atoms with van der Waals surface area (Å²) >= 11 is 0. The summed E-state index contributed by atoms with van der Waals surface area (Å²) in [6.45, 7) is 0.857. The van der Waals surface area contributed by atoms with E-state index < -0.39 is 0 Å². The number of nitrogens with one attached hydrogen (secondary N) is 1. The Morgan fingerprint density at radius 1 is 1.11 bits per heavy atom. The molecule has 2 aliphatic rings. The first-order valence-electron chi connectivity index (χ1n) is 9.42. The van der Waals surface area contributed by atoms with E-state index in [1.165, 1.54) is 0 Å². The van der Waals surface area contributed by atoms with Crippen molar-refractivity contribution in [3.8, 4) is 0 Å². The molecule has 2 fully saturated rings. The van der Waals surface area contributed by atoms with E-state index in [9.17, 15) is 9.59 Å². The van der Waals surface area contributed by atoms with Gasteiger partial charge in [-0.1, -0.05) is 12.1 Å². The predicted octanol–water partition coefficient (Wildman–Crippen LogP) is 3.12. The van der Waals surface area contributed by atoms with Gasteiger partial charge in [-0.15, -0.1) is 0 Å². The minimum atomic E-state index is -0.101. The van der Waals surface area contributed by atoms with Gasteiger partial charge in [-0.3, -0.25) is 9.59 Å². The lowest BCUT2D eigenvalue weighted by atomic mass is 10.1. The van der Waals surface area contributed by atoms with Crippen molar-refractivity contribution in [1.82, 2.24) is 10.2 Å². The van der Waals surface area contributed by atoms with Crippen LogP contribution < -0.4 is 5.32 Å². The molecule has 2 amide bonds. The second kappa shape index (κ2) is 7.56. The maximum Gasteiger partial charge on any atom is 0.290 e. The van der Waals surface area contributed by atoms with Crippen LogP contribution in [0.2, 0.25) is 0 Å². The molecular formula is C21H24N2O4. The van der Waals surface area contributed by atoms with Crippen molar-refractivity contribution >= 4 is 11.8 Å². The Kier molecular flexibility index (Phi) is 4.99. The second-order valence-corrected chi connectivity index (χ2v) is 7.31. The molecule has 6 nitrogen and oxygen atoms in total. The minimum Gasteiger partial charge on any atom is -0.453 e. The van der Waals surface area contributed by atoms with Gasteiger partial charge >= 0.3 is 0 Å². The molecule has 0 unspecified atom stereocenters. The number of rotatable bonds is 8.